The predicted molar refractivity (Wildman–Crippen MR) is 398 cm³/mol. The van der Waals surface area contributed by atoms with Gasteiger partial charge in [-0.25, -0.2) is 0 Å². The third kappa shape index (κ3) is 9.92. The zero-order valence-electron chi connectivity index (χ0n) is 57.1. The first-order valence-electron chi connectivity index (χ1n) is 33.5. The average molecular weight is 1220 g/mol. The highest BCUT2D eigenvalue weighted by Gasteiger charge is 2.47. The van der Waals surface area contributed by atoms with Crippen molar-refractivity contribution in [2.45, 2.75) is 105 Å². The first-order chi connectivity index (χ1) is 44.9. The molecule has 2 nitrogen and oxygen atoms in total. The van der Waals surface area contributed by atoms with Crippen molar-refractivity contribution < 1.29 is 4.11 Å². The van der Waals surface area contributed by atoms with E-state index in [2.05, 4.69) is 317 Å². The van der Waals surface area contributed by atoms with Gasteiger partial charge in [-0.15, -0.1) is 11.3 Å². The van der Waals surface area contributed by atoms with Crippen LogP contribution in [0.4, 0.5) is 34.1 Å². The number of hydrogen-bond acceptors (Lipinski definition) is 3. The van der Waals surface area contributed by atoms with Crippen LogP contribution in [0.3, 0.4) is 0 Å². The van der Waals surface area contributed by atoms with E-state index in [0.717, 1.165) is 104 Å². The molecule has 0 N–H and O–H groups in total. The monoisotopic (exact) mass is 1220 g/mol. The van der Waals surface area contributed by atoms with Crippen LogP contribution in [0.15, 0.2) is 243 Å². The molecule has 3 heterocycles. The lowest BCUT2D eigenvalue weighted by atomic mass is 9.36. The minimum atomic E-state index is -0.569. The lowest BCUT2D eigenvalue weighted by molar-refractivity contribution is 0.590. The molecule has 2 aliphatic heterocycles. The van der Waals surface area contributed by atoms with Gasteiger partial charge >= 0.3 is 0 Å². The number of hydrogen-bond donors (Lipinski definition) is 0. The Morgan fingerprint density at radius 1 is 0.363 bits per heavy atom. The number of halogens is 1. The summed E-state index contributed by atoms with van der Waals surface area (Å²) >= 11 is 9.19. The maximum absolute atomic E-state index is 10.5. The number of nitrogens with zero attached hydrogens (tertiary/aromatic N) is 2. The summed E-state index contributed by atoms with van der Waals surface area (Å²) in [4.78, 5) is 4.88. The highest BCUT2D eigenvalue weighted by molar-refractivity contribution is 7.33. The molecule has 0 aliphatic carbocycles. The predicted octanol–water partition coefficient (Wildman–Crippen LogP) is 23.5. The number of thiophene rings is 1. The van der Waals surface area contributed by atoms with Gasteiger partial charge in [-0.3, -0.25) is 0 Å². The molecule has 0 spiro atoms. The van der Waals surface area contributed by atoms with Gasteiger partial charge in [0, 0.05) is 53.6 Å². The summed E-state index contributed by atoms with van der Waals surface area (Å²) < 4.78 is 33.1. The topological polar surface area (TPSA) is 6.48 Å². The lowest BCUT2D eigenvalue weighted by Gasteiger charge is -2.45. The maximum Gasteiger partial charge on any atom is 0.264 e. The molecule has 0 atom stereocenters. The van der Waals surface area contributed by atoms with Crippen LogP contribution in [0.25, 0.3) is 87.3 Å². The minimum Gasteiger partial charge on any atom is -0.311 e. The summed E-state index contributed by atoms with van der Waals surface area (Å²) in [5.41, 5.74) is 21.8. The van der Waals surface area contributed by atoms with E-state index in [-0.39, 0.29) is 44.8 Å². The van der Waals surface area contributed by atoms with Gasteiger partial charge in [-0.2, -0.15) is 0 Å². The number of anilines is 6. The molecular formula is C86H76BClN2S. The van der Waals surface area contributed by atoms with E-state index in [0.29, 0.717) is 11.2 Å². The summed E-state index contributed by atoms with van der Waals surface area (Å²) in [7, 11) is 0. The van der Waals surface area contributed by atoms with Crippen LogP contribution < -0.4 is 25.5 Å². The molecule has 0 amide bonds. The molecule has 0 bridgehead atoms. The minimum absolute atomic E-state index is 0.0202. The summed E-state index contributed by atoms with van der Waals surface area (Å²) in [5.74, 6) is 0. The fourth-order valence-electron chi connectivity index (χ4n) is 14.2. The normalized spacial score (nSPS) is 13.7. The van der Waals surface area contributed by atoms with Gasteiger partial charge in [0.05, 0.1) is 21.2 Å². The molecule has 1 aromatic heterocycles. The van der Waals surface area contributed by atoms with Crippen LogP contribution in [0, 0.1) is 0 Å². The van der Waals surface area contributed by atoms with Gasteiger partial charge in [-0.05, 0) is 176 Å². The van der Waals surface area contributed by atoms with E-state index in [1.165, 1.54) is 43.8 Å². The molecule has 2 aliphatic rings. The van der Waals surface area contributed by atoms with Crippen LogP contribution >= 0.6 is 22.9 Å². The molecular weight excluding hydrogens is 1140 g/mol. The SMILES string of the molecule is [2H]c1c([2H])c2c(c([2H])c1Cl)N(c1ccc(C(C)(C)C)cc1-c1cccc(-c3c4ccccc4c(-c4ccccc4)c4ccccc34)c1)c1cc(C(C)(C)C)cc3c1B2c1sc2cc(C(C)(C)C)ccc2c1N3c1c(-c2ccccc2)cc(C(C)(C)C)cc1-c1ccccc1. The van der Waals surface area contributed by atoms with Crippen molar-refractivity contribution in [1.29, 1.82) is 0 Å². The molecule has 91 heavy (non-hydrogen) atoms. The molecule has 446 valence electrons. The van der Waals surface area contributed by atoms with E-state index >= 15 is 0 Å². The largest absolute Gasteiger partial charge is 0.311 e. The van der Waals surface area contributed by atoms with Crippen molar-refractivity contribution in [2.75, 3.05) is 9.80 Å². The van der Waals surface area contributed by atoms with Crippen LogP contribution in [0.5, 0.6) is 0 Å². The molecule has 5 heteroatoms. The fourth-order valence-corrected chi connectivity index (χ4v) is 15.7. The molecule has 13 aromatic rings. The third-order valence-corrected chi connectivity index (χ3v) is 20.4. The molecule has 0 unspecified atom stereocenters. The van der Waals surface area contributed by atoms with Crippen molar-refractivity contribution in [3.05, 3.63) is 270 Å². The zero-order valence-corrected chi connectivity index (χ0v) is 55.7. The second-order valence-electron chi connectivity index (χ2n) is 29.2. The first kappa shape index (κ1) is 55.0. The highest BCUT2D eigenvalue weighted by Crippen LogP contribution is 2.56. The maximum atomic E-state index is 10.5. The molecule has 0 radical (unpaired) electrons. The Morgan fingerprint density at radius 3 is 1.36 bits per heavy atom. The van der Waals surface area contributed by atoms with Gasteiger partial charge in [0.15, 0.2) is 0 Å². The average Bonchev–Trinajstić information content (AvgIpc) is 1.19. The number of benzene rings is 12. The van der Waals surface area contributed by atoms with Crippen molar-refractivity contribution in [3.63, 3.8) is 0 Å². The standard InChI is InChI=1S/C86H76BClN2S/c1-83(2,3)58-40-44-72(68(46-58)56-33-26-34-57(45-56)78-65-37-24-22-35-63(65)77(55-31-20-15-21-32-55)64-36-23-25-38-66(64)78)89-73-52-62(88)41-43-71(73)87-79-74(89)49-61(86(10,11)12)50-75(79)90(81-67-42-39-59(84(4,5)6)51-76(67)91-82(81)87)80-69(53-27-16-13-17-28-53)47-60(85(7,8)9)48-70(80)54-29-18-14-19-30-54/h13-52H,1-12H3/i41D,43D,52D. The Hall–Kier alpha value is -8.93. The Bertz CT molecular complexity index is 5120. The summed E-state index contributed by atoms with van der Waals surface area (Å²) in [6.45, 7) is 26.9. The summed E-state index contributed by atoms with van der Waals surface area (Å²) in [6, 6.07) is 82.7. The van der Waals surface area contributed by atoms with Gasteiger partial charge < -0.3 is 9.80 Å². The summed E-state index contributed by atoms with van der Waals surface area (Å²) in [6.07, 6.45) is 0. The molecule has 0 saturated carbocycles. The van der Waals surface area contributed by atoms with Crippen molar-refractivity contribution in [3.8, 4) is 55.6 Å². The quantitative estimate of drug-likeness (QED) is 0.116. The van der Waals surface area contributed by atoms with Crippen molar-refractivity contribution in [2.24, 2.45) is 0 Å². The zero-order chi connectivity index (χ0) is 65.7. The van der Waals surface area contributed by atoms with E-state index in [4.69, 9.17) is 11.6 Å². The van der Waals surface area contributed by atoms with E-state index in [9.17, 15) is 4.11 Å². The van der Waals surface area contributed by atoms with Crippen molar-refractivity contribution in [1.82, 2.24) is 0 Å². The molecule has 15 rings (SSSR count). The second-order valence-corrected chi connectivity index (χ2v) is 30.6. The fraction of sp³-hybridized carbons (Fsp3) is 0.186. The van der Waals surface area contributed by atoms with Crippen LogP contribution in [0.1, 0.15) is 109 Å². The van der Waals surface area contributed by atoms with Crippen LogP contribution in [-0.2, 0) is 21.7 Å². The Morgan fingerprint density at radius 2 is 0.813 bits per heavy atom. The second kappa shape index (κ2) is 21.6. The third-order valence-electron chi connectivity index (χ3n) is 19.0. The number of fused-ring (bicyclic) bond motifs is 8. The van der Waals surface area contributed by atoms with Gasteiger partial charge in [-0.1, -0.05) is 277 Å². The van der Waals surface area contributed by atoms with Crippen molar-refractivity contribution >= 4 is 111 Å². The van der Waals surface area contributed by atoms with Gasteiger partial charge in [0.2, 0.25) is 0 Å². The van der Waals surface area contributed by atoms with E-state index in [1.54, 1.807) is 11.3 Å². The smallest absolute Gasteiger partial charge is 0.264 e. The van der Waals surface area contributed by atoms with Crippen LogP contribution in [0.2, 0.25) is 5.02 Å². The molecule has 12 aromatic carbocycles. The Labute approximate surface area is 551 Å². The first-order valence-corrected chi connectivity index (χ1v) is 33.2. The Balaban J connectivity index is 1.08. The summed E-state index contributed by atoms with van der Waals surface area (Å²) in [5, 5.41) is 5.78. The van der Waals surface area contributed by atoms with E-state index < -0.39 is 6.71 Å². The van der Waals surface area contributed by atoms with Gasteiger partial charge in [0.25, 0.3) is 6.71 Å². The Kier molecular flexibility index (Phi) is 13.1. The highest BCUT2D eigenvalue weighted by atomic mass is 35.5. The lowest BCUT2D eigenvalue weighted by Crippen LogP contribution is -2.60. The van der Waals surface area contributed by atoms with E-state index in [1.807, 2.05) is 0 Å². The van der Waals surface area contributed by atoms with Gasteiger partial charge in [0.1, 0.15) is 0 Å². The van der Waals surface area contributed by atoms with Crippen LogP contribution in [-0.4, -0.2) is 6.71 Å². The molecule has 0 fully saturated rings. The number of rotatable bonds is 7. The molecule has 0 saturated heterocycles.